The third-order valence-electron chi connectivity index (χ3n) is 3.06. The van der Waals surface area contributed by atoms with Gasteiger partial charge in [-0.2, -0.15) is 5.10 Å². The molecule has 0 atom stereocenters. The molecule has 0 fully saturated rings. The van der Waals surface area contributed by atoms with Gasteiger partial charge in [0.1, 0.15) is 5.82 Å². The highest BCUT2D eigenvalue weighted by molar-refractivity contribution is 5.73. The molecule has 4 nitrogen and oxygen atoms in total. The minimum Gasteiger partial charge on any atom is -0.398 e. The van der Waals surface area contributed by atoms with Crippen LogP contribution in [-0.4, -0.2) is 14.8 Å². The zero-order chi connectivity index (χ0) is 14.1. The molecule has 0 aliphatic heterocycles. The van der Waals surface area contributed by atoms with E-state index in [1.807, 2.05) is 30.3 Å². The SMILES string of the molecule is Cn1nc(-c2ccccc2)nc1-c1c(N)cccc1F. The summed E-state index contributed by atoms with van der Waals surface area (Å²) in [5.74, 6) is 0.560. The quantitative estimate of drug-likeness (QED) is 0.727. The molecule has 0 unspecified atom stereocenters. The topological polar surface area (TPSA) is 56.7 Å². The molecule has 1 heterocycles. The Morgan fingerprint density at radius 2 is 1.80 bits per heavy atom. The lowest BCUT2D eigenvalue weighted by molar-refractivity contribution is 0.628. The van der Waals surface area contributed by atoms with E-state index in [-0.39, 0.29) is 5.56 Å². The Labute approximate surface area is 115 Å². The number of nitrogens with zero attached hydrogens (tertiary/aromatic N) is 3. The van der Waals surface area contributed by atoms with Crippen molar-refractivity contribution >= 4 is 5.69 Å². The number of aromatic nitrogens is 3. The maximum absolute atomic E-state index is 14.0. The van der Waals surface area contributed by atoms with Gasteiger partial charge < -0.3 is 5.73 Å². The first-order chi connectivity index (χ1) is 9.66. The highest BCUT2D eigenvalue weighted by atomic mass is 19.1. The van der Waals surface area contributed by atoms with Crippen molar-refractivity contribution in [3.05, 3.63) is 54.3 Å². The van der Waals surface area contributed by atoms with Gasteiger partial charge in [0.25, 0.3) is 0 Å². The molecule has 2 N–H and O–H groups in total. The third kappa shape index (κ3) is 2.03. The van der Waals surface area contributed by atoms with Gasteiger partial charge in [0, 0.05) is 18.3 Å². The molecule has 0 saturated heterocycles. The monoisotopic (exact) mass is 268 g/mol. The Morgan fingerprint density at radius 1 is 1.05 bits per heavy atom. The van der Waals surface area contributed by atoms with Gasteiger partial charge in [-0.1, -0.05) is 36.4 Å². The second-order valence-electron chi connectivity index (χ2n) is 4.45. The normalized spacial score (nSPS) is 10.7. The van der Waals surface area contributed by atoms with E-state index in [0.29, 0.717) is 17.3 Å². The van der Waals surface area contributed by atoms with Crippen LogP contribution in [0.25, 0.3) is 22.8 Å². The zero-order valence-electron chi connectivity index (χ0n) is 10.9. The summed E-state index contributed by atoms with van der Waals surface area (Å²) in [5, 5.41) is 4.32. The Kier molecular flexibility index (Phi) is 2.95. The van der Waals surface area contributed by atoms with Gasteiger partial charge in [-0.15, -0.1) is 0 Å². The first-order valence-corrected chi connectivity index (χ1v) is 6.17. The summed E-state index contributed by atoms with van der Waals surface area (Å²) >= 11 is 0. The zero-order valence-corrected chi connectivity index (χ0v) is 10.9. The average Bonchev–Trinajstić information content (AvgIpc) is 2.82. The predicted molar refractivity (Wildman–Crippen MR) is 76.2 cm³/mol. The summed E-state index contributed by atoms with van der Waals surface area (Å²) in [6.45, 7) is 0. The summed E-state index contributed by atoms with van der Waals surface area (Å²) in [5.41, 5.74) is 7.36. The minimum absolute atomic E-state index is 0.282. The van der Waals surface area contributed by atoms with Gasteiger partial charge in [-0.3, -0.25) is 0 Å². The smallest absolute Gasteiger partial charge is 0.181 e. The fourth-order valence-electron chi connectivity index (χ4n) is 2.09. The molecular formula is C15H13FN4. The Hall–Kier alpha value is -2.69. The molecule has 0 spiro atoms. The van der Waals surface area contributed by atoms with Gasteiger partial charge in [0.05, 0.1) is 5.56 Å². The maximum atomic E-state index is 14.0. The summed E-state index contributed by atoms with van der Waals surface area (Å²) in [6.07, 6.45) is 0. The van der Waals surface area contributed by atoms with E-state index in [0.717, 1.165) is 5.56 Å². The van der Waals surface area contributed by atoms with Gasteiger partial charge in [0.2, 0.25) is 0 Å². The molecule has 0 aliphatic carbocycles. The molecule has 100 valence electrons. The lowest BCUT2D eigenvalue weighted by atomic mass is 10.1. The van der Waals surface area contributed by atoms with Crippen LogP contribution in [0.1, 0.15) is 0 Å². The molecule has 5 heteroatoms. The molecule has 1 aromatic heterocycles. The third-order valence-corrected chi connectivity index (χ3v) is 3.06. The van der Waals surface area contributed by atoms with Gasteiger partial charge in [-0.05, 0) is 12.1 Å². The number of nitrogen functional groups attached to an aromatic ring is 1. The van der Waals surface area contributed by atoms with Crippen LogP contribution in [0, 0.1) is 5.82 Å². The second kappa shape index (κ2) is 4.77. The van der Waals surface area contributed by atoms with Crippen molar-refractivity contribution in [2.75, 3.05) is 5.73 Å². The van der Waals surface area contributed by atoms with Crippen LogP contribution in [-0.2, 0) is 7.05 Å². The van der Waals surface area contributed by atoms with Crippen molar-refractivity contribution < 1.29 is 4.39 Å². The van der Waals surface area contributed by atoms with E-state index in [4.69, 9.17) is 5.73 Å². The first kappa shape index (κ1) is 12.3. The Morgan fingerprint density at radius 3 is 2.50 bits per heavy atom. The number of hydrogen-bond donors (Lipinski definition) is 1. The summed E-state index contributed by atoms with van der Waals surface area (Å²) in [6, 6.07) is 14.1. The number of halogens is 1. The van der Waals surface area contributed by atoms with Gasteiger partial charge in [-0.25, -0.2) is 14.1 Å². The molecule has 0 bridgehead atoms. The van der Waals surface area contributed by atoms with Gasteiger partial charge >= 0.3 is 0 Å². The van der Waals surface area contributed by atoms with Crippen LogP contribution in [0.4, 0.5) is 10.1 Å². The minimum atomic E-state index is -0.403. The van der Waals surface area contributed by atoms with Crippen LogP contribution < -0.4 is 5.73 Å². The highest BCUT2D eigenvalue weighted by Crippen LogP contribution is 2.28. The van der Waals surface area contributed by atoms with Crippen molar-refractivity contribution in [2.45, 2.75) is 0 Å². The van der Waals surface area contributed by atoms with E-state index >= 15 is 0 Å². The van der Waals surface area contributed by atoms with Crippen LogP contribution in [0.5, 0.6) is 0 Å². The lowest BCUT2D eigenvalue weighted by Crippen LogP contribution is -2.00. The number of hydrogen-bond acceptors (Lipinski definition) is 3. The van der Waals surface area contributed by atoms with Crippen LogP contribution in [0.15, 0.2) is 48.5 Å². The molecule has 0 saturated carbocycles. The maximum Gasteiger partial charge on any atom is 0.181 e. The van der Waals surface area contributed by atoms with Crippen molar-refractivity contribution in [1.29, 1.82) is 0 Å². The molecule has 20 heavy (non-hydrogen) atoms. The summed E-state index contributed by atoms with van der Waals surface area (Å²) in [7, 11) is 1.72. The molecule has 0 aliphatic rings. The predicted octanol–water partition coefficient (Wildman–Crippen LogP) is 2.87. The van der Waals surface area contributed by atoms with Crippen molar-refractivity contribution in [3.8, 4) is 22.8 Å². The van der Waals surface area contributed by atoms with E-state index in [2.05, 4.69) is 10.1 Å². The van der Waals surface area contributed by atoms with E-state index in [9.17, 15) is 4.39 Å². The van der Waals surface area contributed by atoms with E-state index in [1.165, 1.54) is 10.7 Å². The number of anilines is 1. The van der Waals surface area contributed by atoms with Crippen molar-refractivity contribution in [2.24, 2.45) is 7.05 Å². The van der Waals surface area contributed by atoms with E-state index in [1.54, 1.807) is 19.2 Å². The second-order valence-corrected chi connectivity index (χ2v) is 4.45. The summed E-state index contributed by atoms with van der Waals surface area (Å²) in [4.78, 5) is 4.40. The molecular weight excluding hydrogens is 255 g/mol. The van der Waals surface area contributed by atoms with Gasteiger partial charge in [0.15, 0.2) is 11.6 Å². The number of benzene rings is 2. The number of aryl methyl sites for hydroxylation is 1. The van der Waals surface area contributed by atoms with Crippen molar-refractivity contribution in [1.82, 2.24) is 14.8 Å². The fourth-order valence-corrected chi connectivity index (χ4v) is 2.09. The van der Waals surface area contributed by atoms with Crippen LogP contribution in [0.2, 0.25) is 0 Å². The Balaban J connectivity index is 2.15. The molecule has 2 aromatic carbocycles. The van der Waals surface area contributed by atoms with E-state index < -0.39 is 5.82 Å². The number of nitrogens with two attached hydrogens (primary N) is 1. The first-order valence-electron chi connectivity index (χ1n) is 6.17. The average molecular weight is 268 g/mol. The Bertz CT molecular complexity index is 730. The lowest BCUT2D eigenvalue weighted by Gasteiger charge is -2.05. The molecule has 3 aromatic rings. The number of rotatable bonds is 2. The van der Waals surface area contributed by atoms with Crippen molar-refractivity contribution in [3.63, 3.8) is 0 Å². The summed E-state index contributed by atoms with van der Waals surface area (Å²) < 4.78 is 15.5. The standard InChI is InChI=1S/C15H13FN4/c1-20-15(13-11(16)8-5-9-12(13)17)18-14(19-20)10-6-3-2-4-7-10/h2-9H,17H2,1H3. The van der Waals surface area contributed by atoms with Crippen LogP contribution in [0.3, 0.4) is 0 Å². The largest absolute Gasteiger partial charge is 0.398 e. The molecule has 0 amide bonds. The molecule has 3 rings (SSSR count). The van der Waals surface area contributed by atoms with Crippen LogP contribution >= 0.6 is 0 Å². The highest BCUT2D eigenvalue weighted by Gasteiger charge is 2.16. The molecule has 0 radical (unpaired) electrons. The fraction of sp³-hybridized carbons (Fsp3) is 0.0667.